The van der Waals surface area contributed by atoms with Crippen molar-refractivity contribution in [2.24, 2.45) is 0 Å². The van der Waals surface area contributed by atoms with E-state index in [-0.39, 0.29) is 90.1 Å². The van der Waals surface area contributed by atoms with Gasteiger partial charge in [-0.25, -0.2) is 23.5 Å². The number of hydrogen-bond acceptors (Lipinski definition) is 19. The van der Waals surface area contributed by atoms with E-state index in [1.165, 1.54) is 57.6 Å². The van der Waals surface area contributed by atoms with Gasteiger partial charge in [-0.15, -0.1) is 13.2 Å². The Bertz CT molecular complexity index is 1900. The molecule has 0 spiro atoms. The number of urea groups is 1. The van der Waals surface area contributed by atoms with Crippen LogP contribution in [0.5, 0.6) is 0 Å². The van der Waals surface area contributed by atoms with Crippen LogP contribution in [0.1, 0.15) is 223 Å². The second-order valence-electron chi connectivity index (χ2n) is 23.2. The summed E-state index contributed by atoms with van der Waals surface area (Å²) in [5, 5.41) is 10.5. The molecule has 0 aliphatic rings. The van der Waals surface area contributed by atoms with Crippen molar-refractivity contribution in [3.8, 4) is 0 Å². The quantitative estimate of drug-likeness (QED) is 0.0145. The molecular weight excluding hydrogens is 1150 g/mol. The molecule has 504 valence electrons. The molecular formula is C61H116N4O19P2. The minimum atomic E-state index is -4.35. The van der Waals surface area contributed by atoms with Gasteiger partial charge in [-0.2, -0.15) is 0 Å². The molecule has 0 fully saturated rings. The van der Waals surface area contributed by atoms with E-state index in [1.807, 2.05) is 0 Å². The highest BCUT2D eigenvalue weighted by Gasteiger charge is 2.32. The number of phosphoric ester groups is 2. The maximum atomic E-state index is 13.9. The molecule has 0 bridgehead atoms. The molecule has 0 aliphatic carbocycles. The molecule has 0 aromatic carbocycles. The molecule has 0 radical (unpaired) electrons. The van der Waals surface area contributed by atoms with Crippen LogP contribution in [0.2, 0.25) is 0 Å². The smallest absolute Gasteiger partial charge is 0.462 e. The molecule has 4 amide bonds. The summed E-state index contributed by atoms with van der Waals surface area (Å²) in [7, 11) is -8.68. The van der Waals surface area contributed by atoms with Crippen LogP contribution in [0.15, 0.2) is 25.3 Å². The second kappa shape index (κ2) is 51.1. The Morgan fingerprint density at radius 3 is 1.21 bits per heavy atom. The number of carbonyl (C=O) groups excluding carboxylic acids is 5. The van der Waals surface area contributed by atoms with Gasteiger partial charge in [-0.1, -0.05) is 136 Å². The van der Waals surface area contributed by atoms with Gasteiger partial charge in [0.1, 0.15) is 23.4 Å². The third-order valence-electron chi connectivity index (χ3n) is 12.5. The topological polar surface area (TPSA) is 278 Å². The lowest BCUT2D eigenvalue weighted by Crippen LogP contribution is -2.44. The fraction of sp³-hybridized carbons (Fsp3) is 0.852. The number of rotatable bonds is 56. The predicted molar refractivity (Wildman–Crippen MR) is 334 cm³/mol. The molecule has 0 saturated heterocycles. The first-order chi connectivity index (χ1) is 40.9. The zero-order valence-corrected chi connectivity index (χ0v) is 56.3. The van der Waals surface area contributed by atoms with Gasteiger partial charge in [0.2, 0.25) is 0 Å². The Kier molecular flexibility index (Phi) is 49.0. The minimum absolute atomic E-state index is 0.0917. The predicted octanol–water partition coefficient (Wildman–Crippen LogP) is 14.1. The van der Waals surface area contributed by atoms with Gasteiger partial charge in [0.05, 0.1) is 78.2 Å². The van der Waals surface area contributed by atoms with Gasteiger partial charge in [0, 0.05) is 39.3 Å². The SMILES string of the molecule is C=CCOP(=O)(OCCNC(=O)NCCOP(=O)(OCC=C)OC[C@H](COCC[C@@H](CCCCCCC)OC(C)=O)NC(=O)OC(C)(C)C)OC[C@@H](COCC[C@@H](CCCCCCC)OC(=O)CCCCCCCCCCC)NC(=O)OC(C)(C)C. The highest BCUT2D eigenvalue weighted by molar-refractivity contribution is 7.48. The van der Waals surface area contributed by atoms with Gasteiger partial charge >= 0.3 is 45.8 Å². The number of nitrogens with one attached hydrogen (secondary N) is 4. The third-order valence-corrected chi connectivity index (χ3v) is 15.3. The number of ether oxygens (including phenoxy) is 6. The van der Waals surface area contributed by atoms with Gasteiger partial charge < -0.3 is 49.7 Å². The van der Waals surface area contributed by atoms with E-state index in [2.05, 4.69) is 55.2 Å². The molecule has 4 N–H and O–H groups in total. The lowest BCUT2D eigenvalue weighted by molar-refractivity contribution is -0.150. The van der Waals surface area contributed by atoms with Crippen molar-refractivity contribution in [1.82, 2.24) is 21.3 Å². The minimum Gasteiger partial charge on any atom is -0.462 e. The molecule has 0 aromatic rings. The van der Waals surface area contributed by atoms with E-state index in [0.29, 0.717) is 32.1 Å². The van der Waals surface area contributed by atoms with Crippen molar-refractivity contribution in [3.05, 3.63) is 25.3 Å². The summed E-state index contributed by atoms with van der Waals surface area (Å²) < 4.78 is 95.1. The van der Waals surface area contributed by atoms with Gasteiger partial charge in [0.15, 0.2) is 0 Å². The van der Waals surface area contributed by atoms with Crippen LogP contribution in [0.4, 0.5) is 14.4 Å². The van der Waals surface area contributed by atoms with Crippen molar-refractivity contribution in [3.63, 3.8) is 0 Å². The molecule has 0 saturated carbocycles. The molecule has 0 aliphatic heterocycles. The summed E-state index contributed by atoms with van der Waals surface area (Å²) in [4.78, 5) is 63.3. The Labute approximate surface area is 517 Å². The van der Waals surface area contributed by atoms with Gasteiger partial charge in [-0.05, 0) is 73.6 Å². The molecule has 0 heterocycles. The van der Waals surface area contributed by atoms with Gasteiger partial charge in [-0.3, -0.25) is 36.7 Å². The first kappa shape index (κ1) is 82.4. The largest absolute Gasteiger partial charge is 0.475 e. The van der Waals surface area contributed by atoms with Crippen LogP contribution in [0.3, 0.4) is 0 Å². The van der Waals surface area contributed by atoms with E-state index >= 15 is 0 Å². The zero-order valence-electron chi connectivity index (χ0n) is 54.5. The van der Waals surface area contributed by atoms with Crippen LogP contribution < -0.4 is 21.3 Å². The van der Waals surface area contributed by atoms with Crippen LogP contribution >= 0.6 is 15.6 Å². The van der Waals surface area contributed by atoms with Crippen molar-refractivity contribution >= 4 is 45.8 Å². The number of alkyl carbamates (subject to hydrolysis) is 2. The van der Waals surface area contributed by atoms with E-state index in [4.69, 9.17) is 55.6 Å². The Morgan fingerprint density at radius 1 is 0.465 bits per heavy atom. The summed E-state index contributed by atoms with van der Waals surface area (Å²) in [6, 6.07) is -2.48. The fourth-order valence-electron chi connectivity index (χ4n) is 8.21. The fourth-order valence-corrected chi connectivity index (χ4v) is 10.6. The summed E-state index contributed by atoms with van der Waals surface area (Å²) in [5.41, 5.74) is -1.65. The average molecular weight is 1270 g/mol. The van der Waals surface area contributed by atoms with Gasteiger partial charge in [0.25, 0.3) is 0 Å². The van der Waals surface area contributed by atoms with Crippen molar-refractivity contribution in [1.29, 1.82) is 0 Å². The van der Waals surface area contributed by atoms with Crippen LogP contribution in [-0.4, -0.2) is 145 Å². The number of hydrogen-bond donors (Lipinski definition) is 4. The molecule has 23 nitrogen and oxygen atoms in total. The first-order valence-corrected chi connectivity index (χ1v) is 34.6. The lowest BCUT2D eigenvalue weighted by Gasteiger charge is -2.25. The Balaban J connectivity index is 5.57. The molecule has 2 unspecified atom stereocenters. The third kappa shape index (κ3) is 51.3. The summed E-state index contributed by atoms with van der Waals surface area (Å²) in [6.45, 7) is 23.2. The van der Waals surface area contributed by atoms with E-state index in [1.54, 1.807) is 41.5 Å². The van der Waals surface area contributed by atoms with E-state index in [0.717, 1.165) is 83.5 Å². The summed E-state index contributed by atoms with van der Waals surface area (Å²) in [5.74, 6) is -0.597. The molecule has 6 atom stereocenters. The maximum absolute atomic E-state index is 13.9. The lowest BCUT2D eigenvalue weighted by atomic mass is 10.1. The Morgan fingerprint density at radius 2 is 0.837 bits per heavy atom. The highest BCUT2D eigenvalue weighted by atomic mass is 31.2. The number of amides is 4. The van der Waals surface area contributed by atoms with Crippen LogP contribution in [0.25, 0.3) is 0 Å². The van der Waals surface area contributed by atoms with Crippen molar-refractivity contribution < 1.29 is 88.7 Å². The standard InChI is InChI=1S/C61H116N4O19P2/c1-13-18-21-24-25-26-27-30-33-36-56(67)82-55(35-32-29-23-20-15-3)38-44-74-48-53(65-59(70)84-61(10,11)12)50-80-86(72,76-42-17-5)78-46-40-63-57(68)62-39-45-77-85(71,75-41-16-4)79-49-52(64-58(69)83-60(7,8)9)47-73-43-37-54(81-51(6)66)34-31-28-22-19-14-2/h16-17,52-55H,4-5,13-15,18-50H2,1-3,6-12H3,(H,64,69)(H,65,70)(H2,62,63,68)/t52-,53+,54+,55+,85?,86?/m0/s1. The molecule has 0 rings (SSSR count). The monoisotopic (exact) mass is 1270 g/mol. The number of phosphoric acid groups is 2. The van der Waals surface area contributed by atoms with Crippen molar-refractivity contribution in [2.75, 3.05) is 79.2 Å². The normalized spacial score (nSPS) is 14.5. The molecule has 86 heavy (non-hydrogen) atoms. The molecule has 25 heteroatoms. The average Bonchev–Trinajstić information content (AvgIpc) is 3.59. The highest BCUT2D eigenvalue weighted by Crippen LogP contribution is 2.50. The molecule has 0 aromatic heterocycles. The van der Waals surface area contributed by atoms with E-state index in [9.17, 15) is 33.1 Å². The summed E-state index contributed by atoms with van der Waals surface area (Å²) >= 11 is 0. The van der Waals surface area contributed by atoms with Crippen LogP contribution in [0, 0.1) is 0 Å². The number of carbonyl (C=O) groups is 5. The van der Waals surface area contributed by atoms with Crippen LogP contribution in [-0.2, 0) is 74.3 Å². The zero-order chi connectivity index (χ0) is 64.4. The van der Waals surface area contributed by atoms with E-state index < -0.39 is 70.4 Å². The Hall–Kier alpha value is -3.63. The van der Waals surface area contributed by atoms with Crippen molar-refractivity contribution in [2.45, 2.75) is 259 Å². The number of unbranched alkanes of at least 4 members (excludes halogenated alkanes) is 16. The maximum Gasteiger partial charge on any atom is 0.475 e. The summed E-state index contributed by atoms with van der Waals surface area (Å²) in [6.07, 6.45) is 24.1. The second-order valence-corrected chi connectivity index (χ2v) is 26.6. The number of esters is 2. The first-order valence-electron chi connectivity index (χ1n) is 31.7.